The van der Waals surface area contributed by atoms with Crippen LogP contribution in [-0.2, 0) is 11.0 Å². The molecule has 2 aromatic rings. The predicted molar refractivity (Wildman–Crippen MR) is 103 cm³/mol. The second kappa shape index (κ2) is 7.42. The van der Waals surface area contributed by atoms with Crippen LogP contribution >= 0.6 is 0 Å². The molecule has 5 nitrogen and oxygen atoms in total. The molecule has 0 unspecified atom stereocenters. The van der Waals surface area contributed by atoms with Crippen LogP contribution in [0, 0.1) is 5.41 Å². The highest BCUT2D eigenvalue weighted by molar-refractivity contribution is 6.06. The van der Waals surface area contributed by atoms with Crippen molar-refractivity contribution in [2.24, 2.45) is 5.41 Å². The van der Waals surface area contributed by atoms with Gasteiger partial charge in [0.2, 0.25) is 5.91 Å². The fourth-order valence-electron chi connectivity index (χ4n) is 3.16. The van der Waals surface area contributed by atoms with Crippen LogP contribution in [0.25, 0.3) is 0 Å². The first-order valence-electron chi connectivity index (χ1n) is 9.11. The lowest BCUT2D eigenvalue weighted by Gasteiger charge is -2.27. The van der Waals surface area contributed by atoms with E-state index in [0.29, 0.717) is 18.0 Å². The Labute approximate surface area is 166 Å². The smallest absolute Gasteiger partial charge is 0.417 e. The highest BCUT2D eigenvalue weighted by atomic mass is 19.4. The molecule has 29 heavy (non-hydrogen) atoms. The van der Waals surface area contributed by atoms with Crippen LogP contribution in [0.3, 0.4) is 0 Å². The quantitative estimate of drug-likeness (QED) is 0.802. The van der Waals surface area contributed by atoms with Crippen molar-refractivity contribution < 1.29 is 27.5 Å². The van der Waals surface area contributed by atoms with Crippen LogP contribution < -0.4 is 15.0 Å². The van der Waals surface area contributed by atoms with Crippen molar-refractivity contribution in [2.75, 3.05) is 23.4 Å². The Morgan fingerprint density at radius 1 is 1.21 bits per heavy atom. The van der Waals surface area contributed by atoms with Gasteiger partial charge in [-0.2, -0.15) is 13.2 Å². The topological polar surface area (TPSA) is 58.6 Å². The third-order valence-electron chi connectivity index (χ3n) is 4.71. The maximum Gasteiger partial charge on any atom is 0.417 e. The van der Waals surface area contributed by atoms with Crippen LogP contribution in [-0.4, -0.2) is 25.0 Å². The molecule has 1 aliphatic rings. The molecule has 0 spiro atoms. The van der Waals surface area contributed by atoms with Gasteiger partial charge >= 0.3 is 6.18 Å². The molecule has 8 heteroatoms. The normalized spacial score (nSPS) is 15.9. The first-order valence-corrected chi connectivity index (χ1v) is 9.11. The third kappa shape index (κ3) is 4.06. The third-order valence-corrected chi connectivity index (χ3v) is 4.71. The SMILES string of the molecule is CCN1C(=O)C(C)(C)COc2ccc(NC(=O)c3ccccc3C(F)(F)F)cc21. The summed E-state index contributed by atoms with van der Waals surface area (Å²) in [6, 6.07) is 9.24. The van der Waals surface area contributed by atoms with Gasteiger partial charge in [-0.15, -0.1) is 0 Å². The Hall–Kier alpha value is -3.03. The summed E-state index contributed by atoms with van der Waals surface area (Å²) in [5.41, 5.74) is -1.49. The largest absolute Gasteiger partial charge is 0.490 e. The van der Waals surface area contributed by atoms with E-state index in [0.717, 1.165) is 12.1 Å². The minimum absolute atomic E-state index is 0.135. The van der Waals surface area contributed by atoms with E-state index in [1.807, 2.05) is 6.92 Å². The van der Waals surface area contributed by atoms with E-state index in [4.69, 9.17) is 4.74 Å². The first kappa shape index (κ1) is 20.7. The number of carbonyl (C=O) groups excluding carboxylic acids is 2. The number of alkyl halides is 3. The number of carbonyl (C=O) groups is 2. The van der Waals surface area contributed by atoms with Crippen molar-refractivity contribution in [3.05, 3.63) is 53.6 Å². The molecule has 0 bridgehead atoms. The lowest BCUT2D eigenvalue weighted by molar-refractivity contribution is -0.137. The molecule has 2 aromatic carbocycles. The Morgan fingerprint density at radius 2 is 1.90 bits per heavy atom. The average Bonchev–Trinajstić information content (AvgIpc) is 2.75. The van der Waals surface area contributed by atoms with E-state index in [2.05, 4.69) is 5.32 Å². The lowest BCUT2D eigenvalue weighted by atomic mass is 9.93. The molecular weight excluding hydrogens is 385 g/mol. The van der Waals surface area contributed by atoms with Gasteiger partial charge in [-0.25, -0.2) is 0 Å². The zero-order valence-corrected chi connectivity index (χ0v) is 16.3. The van der Waals surface area contributed by atoms with E-state index in [9.17, 15) is 22.8 Å². The summed E-state index contributed by atoms with van der Waals surface area (Å²) in [6.45, 7) is 5.95. The minimum atomic E-state index is -4.65. The summed E-state index contributed by atoms with van der Waals surface area (Å²) >= 11 is 0. The Bertz CT molecular complexity index is 954. The van der Waals surface area contributed by atoms with E-state index in [1.54, 1.807) is 24.8 Å². The van der Waals surface area contributed by atoms with Gasteiger partial charge < -0.3 is 15.0 Å². The lowest BCUT2D eigenvalue weighted by Crippen LogP contribution is -2.42. The van der Waals surface area contributed by atoms with Crippen molar-refractivity contribution in [1.82, 2.24) is 0 Å². The monoisotopic (exact) mass is 406 g/mol. The summed E-state index contributed by atoms with van der Waals surface area (Å²) < 4.78 is 45.3. The predicted octanol–water partition coefficient (Wildman–Crippen LogP) is 4.73. The van der Waals surface area contributed by atoms with Gasteiger partial charge in [-0.05, 0) is 51.1 Å². The van der Waals surface area contributed by atoms with E-state index >= 15 is 0 Å². The van der Waals surface area contributed by atoms with Gasteiger partial charge in [0.1, 0.15) is 12.4 Å². The van der Waals surface area contributed by atoms with Gasteiger partial charge in [0.05, 0.1) is 22.2 Å². The maximum atomic E-state index is 13.2. The highest BCUT2D eigenvalue weighted by Crippen LogP contribution is 2.38. The first-order chi connectivity index (χ1) is 13.5. The minimum Gasteiger partial charge on any atom is -0.490 e. The van der Waals surface area contributed by atoms with Crippen molar-refractivity contribution >= 4 is 23.2 Å². The number of nitrogens with zero attached hydrogens (tertiary/aromatic N) is 1. The van der Waals surface area contributed by atoms with Crippen LogP contribution in [0.1, 0.15) is 36.7 Å². The summed E-state index contributed by atoms with van der Waals surface area (Å²) in [5.74, 6) is -0.550. The molecule has 1 heterocycles. The molecule has 2 amide bonds. The molecule has 0 fully saturated rings. The number of anilines is 2. The Kier molecular flexibility index (Phi) is 5.30. The maximum absolute atomic E-state index is 13.2. The second-order valence-electron chi connectivity index (χ2n) is 7.40. The van der Waals surface area contributed by atoms with Crippen molar-refractivity contribution in [2.45, 2.75) is 26.9 Å². The van der Waals surface area contributed by atoms with Crippen molar-refractivity contribution in [3.8, 4) is 5.75 Å². The molecule has 0 saturated carbocycles. The molecule has 0 radical (unpaired) electrons. The molecule has 1 aliphatic heterocycles. The summed E-state index contributed by atoms with van der Waals surface area (Å²) in [6.07, 6.45) is -4.65. The molecule has 0 saturated heterocycles. The van der Waals surface area contributed by atoms with Crippen LogP contribution in [0.4, 0.5) is 24.5 Å². The number of nitrogens with one attached hydrogen (secondary N) is 1. The molecule has 0 aliphatic carbocycles. The fourth-order valence-corrected chi connectivity index (χ4v) is 3.16. The van der Waals surface area contributed by atoms with Crippen molar-refractivity contribution in [1.29, 1.82) is 0 Å². The molecule has 0 atom stereocenters. The number of benzene rings is 2. The standard InChI is InChI=1S/C21H21F3N2O3/c1-4-26-16-11-13(9-10-17(16)29-12-20(2,3)19(26)28)25-18(27)14-7-5-6-8-15(14)21(22,23)24/h5-11H,4,12H2,1-3H3,(H,25,27). The van der Waals surface area contributed by atoms with Gasteiger partial charge in [0, 0.05) is 12.2 Å². The summed E-state index contributed by atoms with van der Waals surface area (Å²) in [4.78, 5) is 26.9. The average molecular weight is 406 g/mol. The number of ether oxygens (including phenoxy) is 1. The molecular formula is C21H21F3N2O3. The Balaban J connectivity index is 1.94. The van der Waals surface area contributed by atoms with E-state index < -0.39 is 28.6 Å². The fraction of sp³-hybridized carbons (Fsp3) is 0.333. The number of rotatable bonds is 3. The molecule has 1 N–H and O–H groups in total. The molecule has 0 aromatic heterocycles. The number of amides is 2. The van der Waals surface area contributed by atoms with Crippen molar-refractivity contribution in [3.63, 3.8) is 0 Å². The zero-order chi connectivity index (χ0) is 21.4. The number of fused-ring (bicyclic) bond motifs is 1. The number of hydrogen-bond acceptors (Lipinski definition) is 3. The zero-order valence-electron chi connectivity index (χ0n) is 16.3. The molecule has 154 valence electrons. The van der Waals surface area contributed by atoms with Crippen LogP contribution in [0.5, 0.6) is 5.75 Å². The molecule has 3 rings (SSSR count). The van der Waals surface area contributed by atoms with Gasteiger partial charge in [-0.3, -0.25) is 9.59 Å². The van der Waals surface area contributed by atoms with E-state index in [-0.39, 0.29) is 18.2 Å². The van der Waals surface area contributed by atoms with Gasteiger partial charge in [-0.1, -0.05) is 12.1 Å². The summed E-state index contributed by atoms with van der Waals surface area (Å²) in [7, 11) is 0. The van der Waals surface area contributed by atoms with E-state index in [1.165, 1.54) is 24.3 Å². The Morgan fingerprint density at radius 3 is 2.55 bits per heavy atom. The highest BCUT2D eigenvalue weighted by Gasteiger charge is 2.37. The van der Waals surface area contributed by atoms with Crippen LogP contribution in [0.2, 0.25) is 0 Å². The second-order valence-corrected chi connectivity index (χ2v) is 7.40. The summed E-state index contributed by atoms with van der Waals surface area (Å²) in [5, 5.41) is 2.49. The number of halogens is 3. The van der Waals surface area contributed by atoms with Crippen LogP contribution in [0.15, 0.2) is 42.5 Å². The van der Waals surface area contributed by atoms with Gasteiger partial charge in [0.15, 0.2) is 0 Å². The number of hydrogen-bond donors (Lipinski definition) is 1. The van der Waals surface area contributed by atoms with Gasteiger partial charge in [0.25, 0.3) is 5.91 Å².